The van der Waals surface area contributed by atoms with Gasteiger partial charge in [0.25, 0.3) is 11.8 Å². The van der Waals surface area contributed by atoms with Crippen LogP contribution in [0.5, 0.6) is 5.75 Å². The summed E-state index contributed by atoms with van der Waals surface area (Å²) < 4.78 is 7.72. The molecular weight excluding hydrogens is 390 g/mol. The third-order valence-corrected chi connectivity index (χ3v) is 5.62. The van der Waals surface area contributed by atoms with Gasteiger partial charge < -0.3 is 19.1 Å². The van der Waals surface area contributed by atoms with E-state index >= 15 is 0 Å². The highest BCUT2D eigenvalue weighted by Crippen LogP contribution is 2.19. The Morgan fingerprint density at radius 3 is 2.16 bits per heavy atom. The normalized spacial score (nSPS) is 13.9. The molecule has 2 aromatic carbocycles. The van der Waals surface area contributed by atoms with Gasteiger partial charge in [-0.15, -0.1) is 0 Å². The summed E-state index contributed by atoms with van der Waals surface area (Å²) in [6, 6.07) is 17.4. The standard InChI is InChI=1S/C25H27N3O3/c1-19-5-10-23(20(2)17-19)31-18-24(29)27-13-15-28(16-14-27)25(30)21-6-8-22(9-7-21)26-11-3-4-12-26/h3-12,17H,13-16,18H2,1-2H3. The molecule has 3 aromatic rings. The van der Waals surface area contributed by atoms with Crippen LogP contribution in [-0.4, -0.2) is 59.0 Å². The number of ether oxygens (including phenoxy) is 1. The molecule has 0 bridgehead atoms. The second-order valence-corrected chi connectivity index (χ2v) is 7.87. The van der Waals surface area contributed by atoms with Gasteiger partial charge in [-0.1, -0.05) is 17.7 Å². The zero-order valence-corrected chi connectivity index (χ0v) is 18.0. The number of amides is 2. The lowest BCUT2D eigenvalue weighted by Gasteiger charge is -2.34. The molecule has 6 heteroatoms. The monoisotopic (exact) mass is 417 g/mol. The van der Waals surface area contributed by atoms with Crippen molar-refractivity contribution in [1.82, 2.24) is 14.4 Å². The molecule has 0 aliphatic carbocycles. The van der Waals surface area contributed by atoms with E-state index in [4.69, 9.17) is 4.74 Å². The SMILES string of the molecule is Cc1ccc(OCC(=O)N2CCN(C(=O)c3ccc(-n4cccc4)cc3)CC2)c(C)c1. The second kappa shape index (κ2) is 9.08. The average Bonchev–Trinajstić information content (AvgIpc) is 3.33. The van der Waals surface area contributed by atoms with Crippen molar-refractivity contribution in [2.24, 2.45) is 0 Å². The number of nitrogens with zero attached hydrogens (tertiary/aromatic N) is 3. The van der Waals surface area contributed by atoms with Crippen LogP contribution in [0, 0.1) is 13.8 Å². The van der Waals surface area contributed by atoms with Crippen LogP contribution in [0.15, 0.2) is 67.0 Å². The Labute approximate surface area is 182 Å². The number of aromatic nitrogens is 1. The first-order valence-corrected chi connectivity index (χ1v) is 10.5. The van der Waals surface area contributed by atoms with Gasteiger partial charge in [0.2, 0.25) is 0 Å². The van der Waals surface area contributed by atoms with Crippen molar-refractivity contribution in [3.05, 3.63) is 83.7 Å². The molecule has 4 rings (SSSR count). The molecule has 0 saturated carbocycles. The first kappa shape index (κ1) is 20.7. The highest BCUT2D eigenvalue weighted by atomic mass is 16.5. The van der Waals surface area contributed by atoms with Gasteiger partial charge in [0.05, 0.1) is 0 Å². The smallest absolute Gasteiger partial charge is 0.260 e. The fourth-order valence-corrected chi connectivity index (χ4v) is 3.82. The van der Waals surface area contributed by atoms with Crippen molar-refractivity contribution < 1.29 is 14.3 Å². The molecule has 2 amide bonds. The fraction of sp³-hybridized carbons (Fsp3) is 0.280. The van der Waals surface area contributed by atoms with Crippen molar-refractivity contribution in [2.75, 3.05) is 32.8 Å². The predicted molar refractivity (Wildman–Crippen MR) is 120 cm³/mol. The van der Waals surface area contributed by atoms with Crippen LogP contribution < -0.4 is 4.74 Å². The summed E-state index contributed by atoms with van der Waals surface area (Å²) in [6.07, 6.45) is 3.94. The summed E-state index contributed by atoms with van der Waals surface area (Å²) >= 11 is 0. The molecule has 31 heavy (non-hydrogen) atoms. The van der Waals surface area contributed by atoms with Crippen molar-refractivity contribution in [1.29, 1.82) is 0 Å². The summed E-state index contributed by atoms with van der Waals surface area (Å²) in [5, 5.41) is 0. The molecule has 0 radical (unpaired) electrons. The van der Waals surface area contributed by atoms with Crippen molar-refractivity contribution in [3.8, 4) is 11.4 Å². The fourth-order valence-electron chi connectivity index (χ4n) is 3.82. The third-order valence-electron chi connectivity index (χ3n) is 5.62. The predicted octanol–water partition coefficient (Wildman–Crippen LogP) is 3.46. The summed E-state index contributed by atoms with van der Waals surface area (Å²) in [4.78, 5) is 29.0. The number of carbonyl (C=O) groups excluding carboxylic acids is 2. The van der Waals surface area contributed by atoms with E-state index in [1.807, 2.05) is 85.4 Å². The van der Waals surface area contributed by atoms with Gasteiger partial charge in [0.1, 0.15) is 5.75 Å². The highest BCUT2D eigenvalue weighted by molar-refractivity contribution is 5.94. The minimum absolute atomic E-state index is 0.00214. The van der Waals surface area contributed by atoms with Gasteiger partial charge in [0.15, 0.2) is 6.61 Å². The summed E-state index contributed by atoms with van der Waals surface area (Å²) in [7, 11) is 0. The van der Waals surface area contributed by atoms with Crippen LogP contribution in [0.25, 0.3) is 5.69 Å². The maximum absolute atomic E-state index is 12.8. The van der Waals surface area contributed by atoms with Crippen LogP contribution in [0.1, 0.15) is 21.5 Å². The van der Waals surface area contributed by atoms with E-state index in [1.165, 1.54) is 0 Å². The molecular formula is C25H27N3O3. The van der Waals surface area contributed by atoms with E-state index < -0.39 is 0 Å². The number of carbonyl (C=O) groups is 2. The molecule has 0 N–H and O–H groups in total. The van der Waals surface area contributed by atoms with Gasteiger partial charge >= 0.3 is 0 Å². The first-order valence-electron chi connectivity index (χ1n) is 10.5. The number of rotatable bonds is 5. The van der Waals surface area contributed by atoms with Crippen molar-refractivity contribution in [3.63, 3.8) is 0 Å². The Kier molecular flexibility index (Phi) is 6.07. The number of piperazine rings is 1. The Bertz CT molecular complexity index is 1050. The highest BCUT2D eigenvalue weighted by Gasteiger charge is 2.25. The largest absolute Gasteiger partial charge is 0.484 e. The molecule has 1 aliphatic rings. The van der Waals surface area contributed by atoms with Crippen LogP contribution >= 0.6 is 0 Å². The van der Waals surface area contributed by atoms with Crippen LogP contribution in [0.3, 0.4) is 0 Å². The Balaban J connectivity index is 1.28. The van der Waals surface area contributed by atoms with Gasteiger partial charge in [-0.25, -0.2) is 0 Å². The maximum atomic E-state index is 12.8. The average molecular weight is 418 g/mol. The molecule has 0 spiro atoms. The van der Waals surface area contributed by atoms with Crippen LogP contribution in [0.4, 0.5) is 0 Å². The van der Waals surface area contributed by atoms with Gasteiger partial charge in [-0.2, -0.15) is 0 Å². The van der Waals surface area contributed by atoms with E-state index in [0.29, 0.717) is 31.7 Å². The van der Waals surface area contributed by atoms with E-state index in [9.17, 15) is 9.59 Å². The quantitative estimate of drug-likeness (QED) is 0.639. The second-order valence-electron chi connectivity index (χ2n) is 7.87. The topological polar surface area (TPSA) is 54.8 Å². The van der Waals surface area contributed by atoms with E-state index in [1.54, 1.807) is 9.80 Å². The summed E-state index contributed by atoms with van der Waals surface area (Å²) in [6.45, 7) is 6.09. The van der Waals surface area contributed by atoms with E-state index in [-0.39, 0.29) is 18.4 Å². The first-order chi connectivity index (χ1) is 15.0. The zero-order valence-electron chi connectivity index (χ0n) is 18.0. The van der Waals surface area contributed by atoms with Crippen LogP contribution in [0.2, 0.25) is 0 Å². The van der Waals surface area contributed by atoms with Gasteiger partial charge in [0, 0.05) is 49.8 Å². The molecule has 1 fully saturated rings. The van der Waals surface area contributed by atoms with Crippen molar-refractivity contribution >= 4 is 11.8 Å². The van der Waals surface area contributed by atoms with Crippen molar-refractivity contribution in [2.45, 2.75) is 13.8 Å². The van der Waals surface area contributed by atoms with E-state index in [2.05, 4.69) is 0 Å². The number of benzene rings is 2. The molecule has 6 nitrogen and oxygen atoms in total. The number of aryl methyl sites for hydroxylation is 2. The maximum Gasteiger partial charge on any atom is 0.260 e. The van der Waals surface area contributed by atoms with Gasteiger partial charge in [-0.05, 0) is 61.9 Å². The Hall–Kier alpha value is -3.54. The lowest BCUT2D eigenvalue weighted by molar-refractivity contribution is -0.134. The zero-order chi connectivity index (χ0) is 21.8. The summed E-state index contributed by atoms with van der Waals surface area (Å²) in [5.74, 6) is 0.678. The van der Waals surface area contributed by atoms with Crippen LogP contribution in [-0.2, 0) is 4.79 Å². The molecule has 1 aliphatic heterocycles. The molecule has 0 atom stereocenters. The lowest BCUT2D eigenvalue weighted by Crippen LogP contribution is -2.51. The molecule has 2 heterocycles. The lowest BCUT2D eigenvalue weighted by atomic mass is 10.1. The van der Waals surface area contributed by atoms with Gasteiger partial charge in [-0.3, -0.25) is 9.59 Å². The molecule has 1 saturated heterocycles. The number of hydrogen-bond donors (Lipinski definition) is 0. The minimum atomic E-state index is -0.0526. The Morgan fingerprint density at radius 2 is 1.52 bits per heavy atom. The summed E-state index contributed by atoms with van der Waals surface area (Å²) in [5.41, 5.74) is 3.86. The Morgan fingerprint density at radius 1 is 0.871 bits per heavy atom. The minimum Gasteiger partial charge on any atom is -0.484 e. The third kappa shape index (κ3) is 4.79. The molecule has 1 aromatic heterocycles. The molecule has 160 valence electrons. The van der Waals surface area contributed by atoms with E-state index in [0.717, 1.165) is 22.6 Å². The number of hydrogen-bond acceptors (Lipinski definition) is 3. The molecule has 0 unspecified atom stereocenters.